The van der Waals surface area contributed by atoms with Gasteiger partial charge in [0.25, 0.3) is 0 Å². The number of ether oxygens (including phenoxy) is 2. The maximum atomic E-state index is 5.99. The van der Waals surface area contributed by atoms with Crippen LogP contribution in [0.3, 0.4) is 0 Å². The molecule has 0 aromatic rings. The minimum Gasteiger partial charge on any atom is -0.422 e. The normalized spacial score (nSPS) is 20.0. The average molecular weight is 274 g/mol. The van der Waals surface area contributed by atoms with Crippen LogP contribution in [0.5, 0.6) is 0 Å². The third-order valence-electron chi connectivity index (χ3n) is 4.15. The van der Waals surface area contributed by atoms with Crippen LogP contribution in [-0.4, -0.2) is 42.0 Å². The van der Waals surface area contributed by atoms with Gasteiger partial charge >= 0.3 is 0 Å². The molecular formula is C14H30O3Si. The van der Waals surface area contributed by atoms with Gasteiger partial charge in [0.15, 0.2) is 0 Å². The van der Waals surface area contributed by atoms with E-state index in [9.17, 15) is 0 Å². The Labute approximate surface area is 115 Å². The summed E-state index contributed by atoms with van der Waals surface area (Å²) in [5, 5.41) is 0. The van der Waals surface area contributed by atoms with Gasteiger partial charge in [-0.1, -0.05) is 27.7 Å². The van der Waals surface area contributed by atoms with E-state index in [0.29, 0.717) is 17.9 Å². The fourth-order valence-corrected chi connectivity index (χ4v) is 3.95. The molecule has 1 aliphatic rings. The van der Waals surface area contributed by atoms with Crippen molar-refractivity contribution in [2.24, 2.45) is 11.8 Å². The largest absolute Gasteiger partial charge is 0.422 e. The molecule has 0 aliphatic carbocycles. The van der Waals surface area contributed by atoms with Gasteiger partial charge in [-0.3, -0.25) is 0 Å². The van der Waals surface area contributed by atoms with E-state index < -0.39 is 0 Å². The highest BCUT2D eigenvalue weighted by Gasteiger charge is 2.35. The molecule has 0 spiro atoms. The smallest absolute Gasteiger partial charge is 0.146 e. The summed E-state index contributed by atoms with van der Waals surface area (Å²) in [4.78, 5) is 0. The molecule has 1 rings (SSSR count). The molecule has 0 radical (unpaired) electrons. The highest BCUT2D eigenvalue weighted by Crippen LogP contribution is 2.34. The lowest BCUT2D eigenvalue weighted by Gasteiger charge is -2.41. The summed E-state index contributed by atoms with van der Waals surface area (Å²) < 4.78 is 16.7. The van der Waals surface area contributed by atoms with Crippen molar-refractivity contribution in [3.63, 3.8) is 0 Å². The van der Waals surface area contributed by atoms with Gasteiger partial charge in [0.05, 0.1) is 18.8 Å². The monoisotopic (exact) mass is 274 g/mol. The fraction of sp³-hybridized carbons (Fsp3) is 1.00. The van der Waals surface area contributed by atoms with Crippen LogP contribution in [0.4, 0.5) is 0 Å². The molecule has 0 aromatic carbocycles. The Kier molecular flexibility index (Phi) is 6.85. The van der Waals surface area contributed by atoms with Gasteiger partial charge in [-0.15, -0.1) is 0 Å². The van der Waals surface area contributed by atoms with Crippen molar-refractivity contribution in [3.8, 4) is 0 Å². The van der Waals surface area contributed by atoms with Crippen molar-refractivity contribution in [2.45, 2.75) is 58.7 Å². The van der Waals surface area contributed by atoms with Gasteiger partial charge in [0, 0.05) is 6.61 Å². The summed E-state index contributed by atoms with van der Waals surface area (Å²) in [7, 11) is 0.820. The van der Waals surface area contributed by atoms with E-state index in [1.807, 2.05) is 0 Å². The van der Waals surface area contributed by atoms with E-state index in [1.54, 1.807) is 0 Å². The molecule has 0 N–H and O–H groups in total. The molecule has 108 valence electrons. The molecule has 0 saturated carbocycles. The lowest BCUT2D eigenvalue weighted by molar-refractivity contribution is -0.0258. The van der Waals surface area contributed by atoms with E-state index >= 15 is 0 Å². The minimum atomic E-state index is 0.0752. The third-order valence-corrected chi connectivity index (χ3v) is 4.91. The lowest BCUT2D eigenvalue weighted by Crippen LogP contribution is -2.43. The molecule has 0 amide bonds. The molecule has 3 nitrogen and oxygen atoms in total. The van der Waals surface area contributed by atoms with Gasteiger partial charge in [-0.2, -0.15) is 0 Å². The van der Waals surface area contributed by atoms with E-state index in [1.165, 1.54) is 6.42 Å². The van der Waals surface area contributed by atoms with E-state index in [2.05, 4.69) is 27.7 Å². The minimum absolute atomic E-state index is 0.0752. The van der Waals surface area contributed by atoms with Crippen molar-refractivity contribution in [3.05, 3.63) is 0 Å². The first-order valence-electron chi connectivity index (χ1n) is 7.27. The molecule has 0 bridgehead atoms. The molecule has 1 aliphatic heterocycles. The van der Waals surface area contributed by atoms with Crippen molar-refractivity contribution in [2.75, 3.05) is 19.8 Å². The van der Waals surface area contributed by atoms with Crippen LogP contribution in [0.25, 0.3) is 0 Å². The Morgan fingerprint density at radius 2 is 1.83 bits per heavy atom. The van der Waals surface area contributed by atoms with Gasteiger partial charge in [0.2, 0.25) is 0 Å². The van der Waals surface area contributed by atoms with Gasteiger partial charge in [0.1, 0.15) is 16.6 Å². The maximum absolute atomic E-state index is 5.99. The Morgan fingerprint density at radius 3 is 2.28 bits per heavy atom. The quantitative estimate of drug-likeness (QED) is 0.346. The molecule has 1 saturated heterocycles. The Morgan fingerprint density at radius 1 is 1.22 bits per heavy atom. The topological polar surface area (TPSA) is 31.0 Å². The first-order valence-corrected chi connectivity index (χ1v) is 8.09. The molecule has 1 unspecified atom stereocenters. The predicted octanol–water partition coefficient (Wildman–Crippen LogP) is 1.92. The van der Waals surface area contributed by atoms with Crippen LogP contribution in [-0.2, 0) is 13.9 Å². The fourth-order valence-electron chi connectivity index (χ4n) is 2.80. The van der Waals surface area contributed by atoms with Crippen LogP contribution in [0.1, 0.15) is 47.0 Å². The second kappa shape index (κ2) is 7.63. The number of epoxide rings is 1. The van der Waals surface area contributed by atoms with Crippen LogP contribution < -0.4 is 0 Å². The Hall–Kier alpha value is 0.0969. The molecule has 18 heavy (non-hydrogen) atoms. The summed E-state index contributed by atoms with van der Waals surface area (Å²) in [6, 6.07) is 0. The first kappa shape index (κ1) is 16.2. The first-order chi connectivity index (χ1) is 8.53. The third kappa shape index (κ3) is 4.65. The van der Waals surface area contributed by atoms with Crippen molar-refractivity contribution in [1.29, 1.82) is 0 Å². The second-order valence-corrected chi connectivity index (χ2v) is 6.36. The average Bonchev–Trinajstić information content (AvgIpc) is 3.11. The number of rotatable bonds is 10. The summed E-state index contributed by atoms with van der Waals surface area (Å²) in [5.41, 5.74) is 0.0752. The van der Waals surface area contributed by atoms with E-state index in [0.717, 1.165) is 43.1 Å². The number of unbranched alkanes of at least 4 members (excludes halogenated alkanes) is 1. The summed E-state index contributed by atoms with van der Waals surface area (Å²) in [6.45, 7) is 11.6. The molecule has 1 atom stereocenters. The SMILES string of the molecule is CC(C)C(CCCCOCC1CO1)(O[SiH3])C(C)C. The number of hydrogen-bond acceptors (Lipinski definition) is 3. The van der Waals surface area contributed by atoms with Crippen molar-refractivity contribution in [1.82, 2.24) is 0 Å². The van der Waals surface area contributed by atoms with Crippen LogP contribution in [0.2, 0.25) is 0 Å². The van der Waals surface area contributed by atoms with E-state index in [4.69, 9.17) is 13.9 Å². The van der Waals surface area contributed by atoms with Crippen LogP contribution >= 0.6 is 0 Å². The zero-order valence-corrected chi connectivity index (χ0v) is 14.7. The van der Waals surface area contributed by atoms with E-state index in [-0.39, 0.29) is 5.60 Å². The summed E-state index contributed by atoms with van der Waals surface area (Å²) in [5.74, 6) is 1.16. The Bertz CT molecular complexity index is 219. The zero-order chi connectivity index (χ0) is 13.6. The predicted molar refractivity (Wildman–Crippen MR) is 77.8 cm³/mol. The van der Waals surface area contributed by atoms with Gasteiger partial charge in [-0.05, 0) is 31.1 Å². The van der Waals surface area contributed by atoms with Crippen molar-refractivity contribution >= 4 is 10.5 Å². The molecule has 4 heteroatoms. The summed E-state index contributed by atoms with van der Waals surface area (Å²) in [6.07, 6.45) is 3.85. The van der Waals surface area contributed by atoms with Crippen LogP contribution in [0.15, 0.2) is 0 Å². The molecule has 1 fully saturated rings. The molecule has 0 aromatic heterocycles. The standard InChI is InChI=1S/C14H30O3Si/c1-11(2)14(17-18,12(3)4)7-5-6-8-15-9-13-10-16-13/h11-13H,5-10H2,1-4,18H3. The molecular weight excluding hydrogens is 244 g/mol. The van der Waals surface area contributed by atoms with Crippen LogP contribution in [0, 0.1) is 11.8 Å². The lowest BCUT2D eigenvalue weighted by atomic mass is 9.77. The molecule has 1 heterocycles. The zero-order valence-electron chi connectivity index (χ0n) is 12.7. The van der Waals surface area contributed by atoms with Crippen molar-refractivity contribution < 1.29 is 13.9 Å². The highest BCUT2D eigenvalue weighted by molar-refractivity contribution is 5.98. The maximum Gasteiger partial charge on any atom is 0.146 e. The highest BCUT2D eigenvalue weighted by atomic mass is 28.2. The van der Waals surface area contributed by atoms with Gasteiger partial charge < -0.3 is 13.9 Å². The number of hydrogen-bond donors (Lipinski definition) is 0. The second-order valence-electron chi connectivity index (χ2n) is 5.96. The summed E-state index contributed by atoms with van der Waals surface area (Å²) >= 11 is 0. The van der Waals surface area contributed by atoms with Gasteiger partial charge in [-0.25, -0.2) is 0 Å². The Balaban J connectivity index is 2.19.